The van der Waals surface area contributed by atoms with Gasteiger partial charge in [0.1, 0.15) is 6.04 Å². The summed E-state index contributed by atoms with van der Waals surface area (Å²) in [5.41, 5.74) is 1.68. The predicted molar refractivity (Wildman–Crippen MR) is 71.1 cm³/mol. The number of aliphatic hydroxyl groups is 1. The Kier molecular flexibility index (Phi) is 3.10. The minimum atomic E-state index is -1.19. The Morgan fingerprint density at radius 2 is 2.25 bits per heavy atom. The summed E-state index contributed by atoms with van der Waals surface area (Å²) in [5, 5.41) is 12.4. The normalized spacial score (nSPS) is 25.2. The van der Waals surface area contributed by atoms with Crippen molar-refractivity contribution in [1.29, 1.82) is 0 Å². The summed E-state index contributed by atoms with van der Waals surface area (Å²) in [7, 11) is 0. The van der Waals surface area contributed by atoms with E-state index in [9.17, 15) is 14.7 Å². The fraction of sp³-hybridized carbons (Fsp3) is 0.429. The third-order valence-electron chi connectivity index (χ3n) is 3.74. The number of aryl methyl sites for hydroxylation is 1. The van der Waals surface area contributed by atoms with Gasteiger partial charge in [0.15, 0.2) is 5.75 Å². The van der Waals surface area contributed by atoms with Crippen molar-refractivity contribution in [2.75, 3.05) is 4.90 Å². The number of carbonyl (C=O) groups excluding carboxylic acids is 2. The zero-order valence-electron chi connectivity index (χ0n) is 11.1. The molecule has 20 heavy (non-hydrogen) atoms. The van der Waals surface area contributed by atoms with Gasteiger partial charge in [0.25, 0.3) is 6.41 Å². The van der Waals surface area contributed by atoms with Gasteiger partial charge in [-0.3, -0.25) is 19.8 Å². The van der Waals surface area contributed by atoms with Crippen molar-refractivity contribution in [1.82, 2.24) is 5.32 Å². The number of amides is 2. The number of hydrogen-bond acceptors (Lipinski definition) is 5. The molecule has 2 atom stereocenters. The summed E-state index contributed by atoms with van der Waals surface area (Å²) >= 11 is 0. The van der Waals surface area contributed by atoms with E-state index in [1.807, 2.05) is 25.1 Å². The van der Waals surface area contributed by atoms with E-state index in [1.54, 1.807) is 0 Å². The zero-order chi connectivity index (χ0) is 14.3. The van der Waals surface area contributed by atoms with Crippen LogP contribution in [0.15, 0.2) is 18.2 Å². The molecule has 6 heteroatoms. The van der Waals surface area contributed by atoms with Crippen molar-refractivity contribution in [3.8, 4) is 5.75 Å². The minimum Gasteiger partial charge on any atom is -0.444 e. The van der Waals surface area contributed by atoms with Crippen molar-refractivity contribution in [3.63, 3.8) is 0 Å². The van der Waals surface area contributed by atoms with Crippen LogP contribution in [0.1, 0.15) is 25.3 Å². The number of anilines is 1. The molecule has 1 aromatic carbocycles. The number of aliphatic hydroxyl groups excluding tert-OH is 1. The number of piperidine rings is 1. The second kappa shape index (κ2) is 4.79. The molecule has 0 saturated carbocycles. The quantitative estimate of drug-likeness (QED) is 0.770. The highest BCUT2D eigenvalue weighted by atomic mass is 16.6. The molecule has 2 heterocycles. The lowest BCUT2D eigenvalue weighted by Crippen LogP contribution is -2.55. The lowest BCUT2D eigenvalue weighted by atomic mass is 10.0. The van der Waals surface area contributed by atoms with Crippen LogP contribution in [0.3, 0.4) is 0 Å². The van der Waals surface area contributed by atoms with Crippen LogP contribution in [0.2, 0.25) is 0 Å². The fourth-order valence-electron chi connectivity index (χ4n) is 2.74. The van der Waals surface area contributed by atoms with Gasteiger partial charge in [0.05, 0.1) is 5.69 Å². The van der Waals surface area contributed by atoms with E-state index < -0.39 is 18.4 Å². The first kappa shape index (κ1) is 12.9. The first-order chi connectivity index (χ1) is 9.61. The molecule has 0 bridgehead atoms. The molecule has 1 fully saturated rings. The van der Waals surface area contributed by atoms with Crippen molar-refractivity contribution in [3.05, 3.63) is 23.8 Å². The summed E-state index contributed by atoms with van der Waals surface area (Å²) in [6, 6.07) is 5.03. The van der Waals surface area contributed by atoms with E-state index >= 15 is 0 Å². The van der Waals surface area contributed by atoms with E-state index in [0.29, 0.717) is 17.9 Å². The highest BCUT2D eigenvalue weighted by Gasteiger charge is 2.41. The van der Waals surface area contributed by atoms with Gasteiger partial charge in [-0.2, -0.15) is 0 Å². The highest BCUT2D eigenvalue weighted by molar-refractivity contribution is 6.02. The number of carbonyl (C=O) groups is 2. The summed E-state index contributed by atoms with van der Waals surface area (Å²) < 4.78 is 5.49. The minimum absolute atomic E-state index is 0.266. The Morgan fingerprint density at radius 1 is 1.45 bits per heavy atom. The van der Waals surface area contributed by atoms with Crippen LogP contribution in [-0.4, -0.2) is 29.4 Å². The molecule has 0 spiro atoms. The van der Waals surface area contributed by atoms with Crippen molar-refractivity contribution in [2.24, 2.45) is 0 Å². The van der Waals surface area contributed by atoms with Gasteiger partial charge in [0, 0.05) is 6.42 Å². The first-order valence-electron chi connectivity index (χ1n) is 6.70. The number of benzene rings is 1. The first-order valence-corrected chi connectivity index (χ1v) is 6.70. The molecule has 0 aliphatic carbocycles. The van der Waals surface area contributed by atoms with Crippen molar-refractivity contribution in [2.45, 2.75) is 38.6 Å². The maximum Gasteiger partial charge on any atom is 0.282 e. The molecule has 2 aliphatic rings. The van der Waals surface area contributed by atoms with Crippen LogP contribution in [0.5, 0.6) is 5.75 Å². The van der Waals surface area contributed by atoms with E-state index in [-0.39, 0.29) is 12.3 Å². The van der Waals surface area contributed by atoms with Crippen LogP contribution >= 0.6 is 0 Å². The molecule has 1 aromatic rings. The fourth-order valence-corrected chi connectivity index (χ4v) is 2.74. The van der Waals surface area contributed by atoms with Gasteiger partial charge < -0.3 is 9.84 Å². The van der Waals surface area contributed by atoms with Gasteiger partial charge in [0.2, 0.25) is 11.8 Å². The molecule has 1 saturated heterocycles. The standard InChI is InChI=1S/C14H16N2O4/c1-2-8-4-3-5-9-12(8)20-14(19)16(9)10-6-7-11(17)15-13(10)18/h3-5,10,14,19H,2,6-7H2,1H3,(H,15,17,18). The average molecular weight is 276 g/mol. The maximum absolute atomic E-state index is 12.0. The lowest BCUT2D eigenvalue weighted by Gasteiger charge is -2.31. The second-order valence-corrected chi connectivity index (χ2v) is 4.94. The van der Waals surface area contributed by atoms with Crippen LogP contribution < -0.4 is 15.0 Å². The number of nitrogens with one attached hydrogen (secondary N) is 1. The molecular formula is C14H16N2O4. The molecule has 2 unspecified atom stereocenters. The topological polar surface area (TPSA) is 78.9 Å². The Morgan fingerprint density at radius 3 is 2.95 bits per heavy atom. The second-order valence-electron chi connectivity index (χ2n) is 4.94. The summed E-state index contributed by atoms with van der Waals surface area (Å²) in [4.78, 5) is 24.7. The molecule has 2 N–H and O–H groups in total. The Balaban J connectivity index is 1.96. The molecule has 2 amide bonds. The van der Waals surface area contributed by atoms with E-state index in [2.05, 4.69) is 5.32 Å². The third-order valence-corrected chi connectivity index (χ3v) is 3.74. The van der Waals surface area contributed by atoms with Crippen LogP contribution in [-0.2, 0) is 16.0 Å². The number of imide groups is 1. The summed E-state index contributed by atoms with van der Waals surface area (Å²) in [6.07, 6.45) is 0.226. The molecule has 106 valence electrons. The number of fused-ring (bicyclic) bond motifs is 1. The molecular weight excluding hydrogens is 260 g/mol. The number of ether oxygens (including phenoxy) is 1. The van der Waals surface area contributed by atoms with Gasteiger partial charge in [-0.05, 0) is 24.5 Å². The Labute approximate surface area is 116 Å². The maximum atomic E-state index is 12.0. The summed E-state index contributed by atoms with van der Waals surface area (Å²) in [5.74, 6) is -0.0470. The zero-order valence-corrected chi connectivity index (χ0v) is 11.1. The number of nitrogens with zero attached hydrogens (tertiary/aromatic N) is 1. The SMILES string of the molecule is CCc1cccc2c1OC(O)N2C1CCC(=O)NC1=O. The largest absolute Gasteiger partial charge is 0.444 e. The van der Waals surface area contributed by atoms with Gasteiger partial charge in [-0.1, -0.05) is 19.1 Å². The van der Waals surface area contributed by atoms with Crippen molar-refractivity contribution < 1.29 is 19.4 Å². The number of para-hydroxylation sites is 1. The third kappa shape index (κ3) is 1.92. The van der Waals surface area contributed by atoms with Gasteiger partial charge >= 0.3 is 0 Å². The average Bonchev–Trinajstić information content (AvgIpc) is 2.75. The smallest absolute Gasteiger partial charge is 0.282 e. The Hall–Kier alpha value is -2.08. The van der Waals surface area contributed by atoms with Crippen molar-refractivity contribution >= 4 is 17.5 Å². The predicted octanol–water partition coefficient (Wildman–Crippen LogP) is 0.529. The lowest BCUT2D eigenvalue weighted by molar-refractivity contribution is -0.135. The molecule has 0 radical (unpaired) electrons. The van der Waals surface area contributed by atoms with Crippen LogP contribution in [0, 0.1) is 0 Å². The van der Waals surface area contributed by atoms with Crippen LogP contribution in [0.4, 0.5) is 5.69 Å². The van der Waals surface area contributed by atoms with E-state index in [0.717, 1.165) is 12.0 Å². The number of hydrogen-bond donors (Lipinski definition) is 2. The monoisotopic (exact) mass is 276 g/mol. The van der Waals surface area contributed by atoms with Crippen LogP contribution in [0.25, 0.3) is 0 Å². The molecule has 0 aromatic heterocycles. The highest BCUT2D eigenvalue weighted by Crippen LogP contribution is 2.41. The Bertz CT molecular complexity index is 572. The van der Waals surface area contributed by atoms with Gasteiger partial charge in [-0.15, -0.1) is 0 Å². The molecule has 3 rings (SSSR count). The molecule has 6 nitrogen and oxygen atoms in total. The van der Waals surface area contributed by atoms with E-state index in [4.69, 9.17) is 4.74 Å². The number of rotatable bonds is 2. The molecule has 2 aliphatic heterocycles. The summed E-state index contributed by atoms with van der Waals surface area (Å²) in [6.45, 7) is 2.00. The van der Waals surface area contributed by atoms with Gasteiger partial charge in [-0.25, -0.2) is 0 Å². The van der Waals surface area contributed by atoms with E-state index in [1.165, 1.54) is 4.90 Å².